The maximum Gasteiger partial charge on any atom is 0.0900 e. The van der Waals surface area contributed by atoms with Gasteiger partial charge < -0.3 is 0 Å². The molecule has 0 spiro atoms. The number of pyridine rings is 4. The van der Waals surface area contributed by atoms with E-state index in [1.54, 1.807) is 12.4 Å². The zero-order valence-corrected chi connectivity index (χ0v) is 30.5. The number of hydrogen-bond donors (Lipinski definition) is 0. The molecule has 0 fully saturated rings. The predicted molar refractivity (Wildman–Crippen MR) is 229 cm³/mol. The molecule has 0 atom stereocenters. The second-order valence-electron chi connectivity index (χ2n) is 13.4. The molecule has 258 valence electrons. The van der Waals surface area contributed by atoms with E-state index in [4.69, 9.17) is 9.97 Å². The molecule has 5 heteroatoms. The molecule has 5 heterocycles. The molecule has 0 aliphatic heterocycles. The Morgan fingerprint density at radius 3 is 1.60 bits per heavy atom. The Hall–Kier alpha value is -7.08. The average molecular weight is 721 g/mol. The van der Waals surface area contributed by atoms with Crippen LogP contribution < -0.4 is 0 Å². The standard InChI is InChI=1S/C50H32N4S/c1-3-14-33(15-4-1)37-18-13-19-38(30-37)46-47-48(35-16-5-2-6-17-35)54-41-21-8-7-20-40(41)50(47)55-49(46)36-26-24-34(25-27-36)39-31-44(42-22-9-11-28-51-42)53-45(32-39)43-23-10-12-29-52-43/h1-32H. The second kappa shape index (κ2) is 14.0. The Bertz CT molecular complexity index is 2890. The molecule has 4 nitrogen and oxygen atoms in total. The van der Waals surface area contributed by atoms with Crippen molar-refractivity contribution >= 4 is 32.3 Å². The lowest BCUT2D eigenvalue weighted by Crippen LogP contribution is -1.94. The smallest absolute Gasteiger partial charge is 0.0900 e. The van der Waals surface area contributed by atoms with E-state index in [0.717, 1.165) is 67.2 Å². The van der Waals surface area contributed by atoms with Crippen LogP contribution in [-0.2, 0) is 0 Å². The van der Waals surface area contributed by atoms with Crippen LogP contribution in [0.15, 0.2) is 194 Å². The van der Waals surface area contributed by atoms with Crippen LogP contribution >= 0.6 is 11.3 Å². The van der Waals surface area contributed by atoms with Crippen molar-refractivity contribution in [3.8, 4) is 77.9 Å². The highest BCUT2D eigenvalue weighted by atomic mass is 32.1. The second-order valence-corrected chi connectivity index (χ2v) is 14.5. The Kier molecular flexibility index (Phi) is 8.32. The average Bonchev–Trinajstić information content (AvgIpc) is 3.68. The van der Waals surface area contributed by atoms with Gasteiger partial charge in [0.05, 0.1) is 34.0 Å². The third-order valence-electron chi connectivity index (χ3n) is 9.99. The first-order chi connectivity index (χ1) is 27.3. The minimum atomic E-state index is 0.806. The minimum Gasteiger partial charge on any atom is -0.255 e. The summed E-state index contributed by atoms with van der Waals surface area (Å²) in [6, 6.07) is 63.7. The van der Waals surface area contributed by atoms with Gasteiger partial charge in [0.25, 0.3) is 0 Å². The normalized spacial score (nSPS) is 11.3. The van der Waals surface area contributed by atoms with Crippen molar-refractivity contribution in [2.45, 2.75) is 0 Å². The highest BCUT2D eigenvalue weighted by Gasteiger charge is 2.23. The van der Waals surface area contributed by atoms with E-state index in [2.05, 4.69) is 156 Å². The number of thiophene rings is 1. The zero-order chi connectivity index (χ0) is 36.6. The van der Waals surface area contributed by atoms with Crippen molar-refractivity contribution in [2.75, 3.05) is 0 Å². The number of nitrogens with zero attached hydrogens (tertiary/aromatic N) is 4. The van der Waals surface area contributed by atoms with Gasteiger partial charge in [-0.25, -0.2) is 9.97 Å². The Morgan fingerprint density at radius 1 is 0.364 bits per heavy atom. The highest BCUT2D eigenvalue weighted by Crippen LogP contribution is 2.50. The molecular weight excluding hydrogens is 689 g/mol. The molecule has 10 aromatic rings. The van der Waals surface area contributed by atoms with Crippen LogP contribution in [0.2, 0.25) is 0 Å². The molecular formula is C50H32N4S. The van der Waals surface area contributed by atoms with E-state index in [9.17, 15) is 0 Å². The Balaban J connectivity index is 1.18. The zero-order valence-electron chi connectivity index (χ0n) is 29.7. The SMILES string of the molecule is c1ccc(-c2cccc(-c3c(-c4ccc(-c5cc(-c6ccccn6)nc(-c6ccccn6)c5)cc4)sc4c3c(-c3ccccc3)nc3ccccc34)c2)cc1. The molecule has 10 rings (SSSR count). The van der Waals surface area contributed by atoms with Gasteiger partial charge >= 0.3 is 0 Å². The van der Waals surface area contributed by atoms with Crippen LogP contribution in [0.4, 0.5) is 0 Å². The van der Waals surface area contributed by atoms with E-state index < -0.39 is 0 Å². The van der Waals surface area contributed by atoms with E-state index in [1.165, 1.54) is 31.7 Å². The van der Waals surface area contributed by atoms with Crippen LogP contribution in [0.25, 0.3) is 98.8 Å². The summed E-state index contributed by atoms with van der Waals surface area (Å²) >= 11 is 1.85. The molecule has 55 heavy (non-hydrogen) atoms. The molecule has 0 radical (unpaired) electrons. The summed E-state index contributed by atoms with van der Waals surface area (Å²) in [4.78, 5) is 20.8. The number of para-hydroxylation sites is 1. The maximum atomic E-state index is 5.36. The van der Waals surface area contributed by atoms with Gasteiger partial charge in [0.1, 0.15) is 0 Å². The molecule has 5 aromatic carbocycles. The number of rotatable bonds is 7. The fraction of sp³-hybridized carbons (Fsp3) is 0. The van der Waals surface area contributed by atoms with Gasteiger partial charge in [-0.2, -0.15) is 0 Å². The predicted octanol–water partition coefficient (Wildman–Crippen LogP) is 13.3. The minimum absolute atomic E-state index is 0.806. The molecule has 0 amide bonds. The fourth-order valence-electron chi connectivity index (χ4n) is 7.36. The molecule has 0 saturated heterocycles. The van der Waals surface area contributed by atoms with Crippen molar-refractivity contribution in [1.82, 2.24) is 19.9 Å². The summed E-state index contributed by atoms with van der Waals surface area (Å²) < 4.78 is 1.23. The van der Waals surface area contributed by atoms with Crippen LogP contribution in [0.3, 0.4) is 0 Å². The van der Waals surface area contributed by atoms with Crippen LogP contribution in [0, 0.1) is 0 Å². The van der Waals surface area contributed by atoms with Crippen molar-refractivity contribution in [3.63, 3.8) is 0 Å². The van der Waals surface area contributed by atoms with Gasteiger partial charge in [0, 0.05) is 43.9 Å². The first-order valence-corrected chi connectivity index (χ1v) is 19.1. The lowest BCUT2D eigenvalue weighted by atomic mass is 9.92. The highest BCUT2D eigenvalue weighted by molar-refractivity contribution is 7.24. The molecule has 0 aliphatic carbocycles. The summed E-state index contributed by atoms with van der Waals surface area (Å²) in [7, 11) is 0. The van der Waals surface area contributed by atoms with Crippen LogP contribution in [0.1, 0.15) is 0 Å². The molecule has 0 aliphatic rings. The number of aromatic nitrogens is 4. The lowest BCUT2D eigenvalue weighted by Gasteiger charge is -2.12. The quantitative estimate of drug-likeness (QED) is 0.164. The van der Waals surface area contributed by atoms with Crippen molar-refractivity contribution in [2.24, 2.45) is 0 Å². The molecule has 0 N–H and O–H groups in total. The van der Waals surface area contributed by atoms with Gasteiger partial charge in [0.15, 0.2) is 0 Å². The molecule has 0 saturated carbocycles. The van der Waals surface area contributed by atoms with E-state index in [-0.39, 0.29) is 0 Å². The van der Waals surface area contributed by atoms with E-state index in [0.29, 0.717) is 0 Å². The first-order valence-electron chi connectivity index (χ1n) is 18.3. The monoisotopic (exact) mass is 720 g/mol. The van der Waals surface area contributed by atoms with Crippen LogP contribution in [0.5, 0.6) is 0 Å². The summed E-state index contributed by atoms with van der Waals surface area (Å²) in [5.41, 5.74) is 14.4. The van der Waals surface area contributed by atoms with Gasteiger partial charge in [-0.15, -0.1) is 11.3 Å². The summed E-state index contributed by atoms with van der Waals surface area (Å²) in [5.74, 6) is 0. The van der Waals surface area contributed by atoms with E-state index in [1.807, 2.05) is 47.7 Å². The largest absolute Gasteiger partial charge is 0.255 e. The topological polar surface area (TPSA) is 51.6 Å². The first kappa shape index (κ1) is 32.6. The fourth-order valence-corrected chi connectivity index (χ4v) is 8.72. The maximum absolute atomic E-state index is 5.36. The lowest BCUT2D eigenvalue weighted by molar-refractivity contribution is 1.22. The number of benzene rings is 5. The van der Waals surface area contributed by atoms with E-state index >= 15 is 0 Å². The number of fused-ring (bicyclic) bond motifs is 3. The van der Waals surface area contributed by atoms with Crippen molar-refractivity contribution in [1.29, 1.82) is 0 Å². The molecule has 5 aromatic heterocycles. The third kappa shape index (κ3) is 6.17. The van der Waals surface area contributed by atoms with Gasteiger partial charge in [-0.1, -0.05) is 133 Å². The van der Waals surface area contributed by atoms with Crippen molar-refractivity contribution < 1.29 is 0 Å². The summed E-state index contributed by atoms with van der Waals surface area (Å²) in [6.45, 7) is 0. The third-order valence-corrected chi connectivity index (χ3v) is 11.3. The summed E-state index contributed by atoms with van der Waals surface area (Å²) in [6.07, 6.45) is 3.61. The number of hydrogen-bond acceptors (Lipinski definition) is 5. The van der Waals surface area contributed by atoms with Gasteiger partial charge in [-0.3, -0.25) is 9.97 Å². The summed E-state index contributed by atoms with van der Waals surface area (Å²) in [5, 5.41) is 2.33. The Morgan fingerprint density at radius 2 is 0.927 bits per heavy atom. The molecule has 0 bridgehead atoms. The Labute approximate surface area is 323 Å². The van der Waals surface area contributed by atoms with Gasteiger partial charge in [-0.05, 0) is 81.9 Å². The van der Waals surface area contributed by atoms with Gasteiger partial charge in [0.2, 0.25) is 0 Å². The van der Waals surface area contributed by atoms with Crippen molar-refractivity contribution in [3.05, 3.63) is 194 Å². The van der Waals surface area contributed by atoms with Crippen LogP contribution in [-0.4, -0.2) is 19.9 Å². The molecule has 0 unspecified atom stereocenters.